The van der Waals surface area contributed by atoms with Crippen molar-refractivity contribution in [3.05, 3.63) is 18.2 Å². The van der Waals surface area contributed by atoms with E-state index in [1.165, 1.54) is 38.3 Å². The van der Waals surface area contributed by atoms with Crippen LogP contribution >= 0.6 is 0 Å². The minimum Gasteiger partial charge on any atom is -0.334 e. The molecule has 0 aromatic carbocycles. The van der Waals surface area contributed by atoms with E-state index in [-0.39, 0.29) is 0 Å². The van der Waals surface area contributed by atoms with Crippen molar-refractivity contribution in [2.75, 3.05) is 19.6 Å². The maximum atomic E-state index is 4.45. The van der Waals surface area contributed by atoms with Crippen molar-refractivity contribution in [1.82, 2.24) is 19.8 Å². The van der Waals surface area contributed by atoms with Gasteiger partial charge in [0.05, 0.1) is 6.54 Å². The molecule has 4 heteroatoms. The van der Waals surface area contributed by atoms with Crippen LogP contribution in [-0.4, -0.2) is 40.1 Å². The predicted molar refractivity (Wildman–Crippen MR) is 74.5 cm³/mol. The van der Waals surface area contributed by atoms with Crippen molar-refractivity contribution in [1.29, 1.82) is 0 Å². The van der Waals surface area contributed by atoms with Crippen molar-refractivity contribution in [2.24, 2.45) is 0 Å². The number of imidazole rings is 1. The van der Waals surface area contributed by atoms with Crippen LogP contribution in [0, 0.1) is 0 Å². The zero-order chi connectivity index (χ0) is 12.8. The van der Waals surface area contributed by atoms with Gasteiger partial charge in [0.2, 0.25) is 0 Å². The molecule has 1 aromatic rings. The third-order valence-corrected chi connectivity index (χ3v) is 3.77. The molecular weight excluding hydrogens is 224 g/mol. The smallest absolute Gasteiger partial charge is 0.122 e. The molecule has 1 saturated heterocycles. The van der Waals surface area contributed by atoms with Crippen molar-refractivity contribution >= 4 is 0 Å². The summed E-state index contributed by atoms with van der Waals surface area (Å²) < 4.78 is 2.26. The van der Waals surface area contributed by atoms with Crippen LogP contribution in [0.25, 0.3) is 0 Å². The summed E-state index contributed by atoms with van der Waals surface area (Å²) in [5, 5.41) is 3.66. The number of aromatic nitrogens is 2. The Morgan fingerprint density at radius 2 is 2.33 bits per heavy atom. The van der Waals surface area contributed by atoms with E-state index in [4.69, 9.17) is 0 Å². The summed E-state index contributed by atoms with van der Waals surface area (Å²) in [6.07, 6.45) is 7.77. The van der Waals surface area contributed by atoms with E-state index in [1.807, 2.05) is 6.20 Å². The molecule has 0 saturated carbocycles. The average molecular weight is 250 g/mol. The lowest BCUT2D eigenvalue weighted by atomic mass is 10.1. The lowest BCUT2D eigenvalue weighted by molar-refractivity contribution is 0.197. The molecule has 0 bridgehead atoms. The van der Waals surface area contributed by atoms with E-state index in [9.17, 15) is 0 Å². The highest BCUT2D eigenvalue weighted by molar-refractivity contribution is 4.93. The zero-order valence-corrected chi connectivity index (χ0v) is 11.7. The first-order valence-electron chi connectivity index (χ1n) is 7.29. The summed E-state index contributed by atoms with van der Waals surface area (Å²) in [4.78, 5) is 6.97. The minimum absolute atomic E-state index is 0.630. The standard InChI is InChI=1S/C14H26N4/c1-3-8-18-10-7-15-14(18)11-16-13-6-5-9-17(4-2)12-13/h7,10,13,16H,3-6,8-9,11-12H2,1-2H3. The first-order chi connectivity index (χ1) is 8.83. The van der Waals surface area contributed by atoms with Gasteiger partial charge >= 0.3 is 0 Å². The van der Waals surface area contributed by atoms with Crippen LogP contribution in [0.3, 0.4) is 0 Å². The van der Waals surface area contributed by atoms with Crippen LogP contribution in [0.5, 0.6) is 0 Å². The summed E-state index contributed by atoms with van der Waals surface area (Å²) in [5.74, 6) is 1.17. The van der Waals surface area contributed by atoms with E-state index >= 15 is 0 Å². The topological polar surface area (TPSA) is 33.1 Å². The van der Waals surface area contributed by atoms with Crippen molar-refractivity contribution in [3.63, 3.8) is 0 Å². The molecule has 0 aliphatic carbocycles. The lowest BCUT2D eigenvalue weighted by Crippen LogP contribution is -2.45. The Bertz CT molecular complexity index is 347. The number of likely N-dealkylation sites (tertiary alicyclic amines) is 1. The maximum absolute atomic E-state index is 4.45. The fourth-order valence-corrected chi connectivity index (χ4v) is 2.70. The van der Waals surface area contributed by atoms with Gasteiger partial charge in [-0.3, -0.25) is 0 Å². The van der Waals surface area contributed by atoms with Crippen LogP contribution in [0.15, 0.2) is 12.4 Å². The van der Waals surface area contributed by atoms with Gasteiger partial charge in [-0.2, -0.15) is 0 Å². The predicted octanol–water partition coefficient (Wildman–Crippen LogP) is 1.87. The van der Waals surface area contributed by atoms with Crippen LogP contribution < -0.4 is 5.32 Å². The first kappa shape index (κ1) is 13.6. The van der Waals surface area contributed by atoms with Gasteiger partial charge in [-0.05, 0) is 32.4 Å². The van der Waals surface area contributed by atoms with E-state index in [1.54, 1.807) is 0 Å². The Labute approximate surface area is 110 Å². The molecule has 18 heavy (non-hydrogen) atoms. The van der Waals surface area contributed by atoms with Crippen LogP contribution in [0.2, 0.25) is 0 Å². The number of hydrogen-bond acceptors (Lipinski definition) is 3. The monoisotopic (exact) mass is 250 g/mol. The molecule has 2 rings (SSSR count). The summed E-state index contributed by atoms with van der Waals surface area (Å²) in [6.45, 7) is 10.0. The molecule has 2 heterocycles. The number of hydrogen-bond donors (Lipinski definition) is 1. The molecule has 1 unspecified atom stereocenters. The number of nitrogens with zero attached hydrogens (tertiary/aromatic N) is 3. The molecular formula is C14H26N4. The fraction of sp³-hybridized carbons (Fsp3) is 0.786. The Morgan fingerprint density at radius 1 is 1.44 bits per heavy atom. The Kier molecular flexibility index (Phi) is 5.20. The third-order valence-electron chi connectivity index (χ3n) is 3.77. The van der Waals surface area contributed by atoms with E-state index in [2.05, 4.69) is 39.8 Å². The fourth-order valence-electron chi connectivity index (χ4n) is 2.70. The second-order valence-corrected chi connectivity index (χ2v) is 5.15. The van der Waals surface area contributed by atoms with Gasteiger partial charge in [0.15, 0.2) is 0 Å². The average Bonchev–Trinajstić information content (AvgIpc) is 2.85. The molecule has 1 N–H and O–H groups in total. The van der Waals surface area contributed by atoms with Gasteiger partial charge in [-0.25, -0.2) is 4.98 Å². The number of rotatable bonds is 6. The minimum atomic E-state index is 0.630. The SMILES string of the molecule is CCCn1ccnc1CNC1CCCN(CC)C1. The summed E-state index contributed by atoms with van der Waals surface area (Å²) in [7, 11) is 0. The van der Waals surface area contributed by atoms with Gasteiger partial charge in [0.1, 0.15) is 5.82 Å². The molecule has 4 nitrogen and oxygen atoms in total. The van der Waals surface area contributed by atoms with Crippen molar-refractivity contribution in [2.45, 2.75) is 52.2 Å². The molecule has 1 aromatic heterocycles. The van der Waals surface area contributed by atoms with Crippen LogP contribution in [0.1, 0.15) is 38.9 Å². The van der Waals surface area contributed by atoms with E-state index in [0.717, 1.165) is 19.5 Å². The highest BCUT2D eigenvalue weighted by atomic mass is 15.2. The summed E-state index contributed by atoms with van der Waals surface area (Å²) in [5.41, 5.74) is 0. The highest BCUT2D eigenvalue weighted by Gasteiger charge is 2.18. The van der Waals surface area contributed by atoms with Crippen molar-refractivity contribution < 1.29 is 0 Å². The second kappa shape index (κ2) is 6.90. The molecule has 1 fully saturated rings. The van der Waals surface area contributed by atoms with Crippen molar-refractivity contribution in [3.8, 4) is 0 Å². The lowest BCUT2D eigenvalue weighted by Gasteiger charge is -2.32. The Hall–Kier alpha value is -0.870. The molecule has 1 atom stereocenters. The van der Waals surface area contributed by atoms with Crippen LogP contribution in [0.4, 0.5) is 0 Å². The number of likely N-dealkylation sites (N-methyl/N-ethyl adjacent to an activating group) is 1. The largest absolute Gasteiger partial charge is 0.334 e. The molecule has 1 aliphatic heterocycles. The molecule has 102 valence electrons. The molecule has 1 aliphatic rings. The normalized spacial score (nSPS) is 21.3. The quantitative estimate of drug-likeness (QED) is 0.836. The Morgan fingerprint density at radius 3 is 3.11 bits per heavy atom. The zero-order valence-electron chi connectivity index (χ0n) is 11.7. The van der Waals surface area contributed by atoms with Gasteiger partial charge < -0.3 is 14.8 Å². The Balaban J connectivity index is 1.81. The molecule has 0 radical (unpaired) electrons. The third kappa shape index (κ3) is 3.56. The number of nitrogens with one attached hydrogen (secondary N) is 1. The van der Waals surface area contributed by atoms with Gasteiger partial charge in [0.25, 0.3) is 0 Å². The summed E-state index contributed by atoms with van der Waals surface area (Å²) in [6, 6.07) is 0.630. The summed E-state index contributed by atoms with van der Waals surface area (Å²) >= 11 is 0. The van der Waals surface area contributed by atoms with E-state index in [0.29, 0.717) is 6.04 Å². The maximum Gasteiger partial charge on any atom is 0.122 e. The molecule has 0 amide bonds. The second-order valence-electron chi connectivity index (χ2n) is 5.15. The number of piperidine rings is 1. The highest BCUT2D eigenvalue weighted by Crippen LogP contribution is 2.10. The van der Waals surface area contributed by atoms with Crippen LogP contribution in [-0.2, 0) is 13.1 Å². The van der Waals surface area contributed by atoms with Gasteiger partial charge in [0, 0.05) is 31.5 Å². The number of aryl methyl sites for hydroxylation is 1. The van der Waals surface area contributed by atoms with Gasteiger partial charge in [-0.15, -0.1) is 0 Å². The molecule has 0 spiro atoms. The first-order valence-corrected chi connectivity index (χ1v) is 7.29. The van der Waals surface area contributed by atoms with Gasteiger partial charge in [-0.1, -0.05) is 13.8 Å². The van der Waals surface area contributed by atoms with E-state index < -0.39 is 0 Å².